The van der Waals surface area contributed by atoms with Gasteiger partial charge in [0.05, 0.1) is 18.1 Å². The number of hydrogen-bond donors (Lipinski definition) is 1. The van der Waals surface area contributed by atoms with E-state index < -0.39 is 6.04 Å². The molecule has 8 heteroatoms. The summed E-state index contributed by atoms with van der Waals surface area (Å²) in [5, 5.41) is 4.03. The number of nitrogens with one attached hydrogen (secondary N) is 1. The summed E-state index contributed by atoms with van der Waals surface area (Å²) >= 11 is 0. The third-order valence-corrected chi connectivity index (χ3v) is 6.90. The van der Waals surface area contributed by atoms with E-state index in [1.807, 2.05) is 55.6 Å². The molecule has 37 heavy (non-hydrogen) atoms. The van der Waals surface area contributed by atoms with Gasteiger partial charge in [-0.25, -0.2) is 0 Å². The molecule has 5 rings (SSSR count). The third kappa shape index (κ3) is 4.87. The summed E-state index contributed by atoms with van der Waals surface area (Å²) in [6.45, 7) is 5.04. The van der Waals surface area contributed by atoms with Crippen LogP contribution in [0.15, 0.2) is 67.0 Å². The van der Waals surface area contributed by atoms with Gasteiger partial charge in [0.1, 0.15) is 6.04 Å². The number of carbonyl (C=O) groups is 2. The number of aryl methyl sites for hydroxylation is 1. The summed E-state index contributed by atoms with van der Waals surface area (Å²) in [5.74, 6) is 0.824. The van der Waals surface area contributed by atoms with Crippen molar-refractivity contribution < 1.29 is 19.1 Å². The lowest BCUT2D eigenvalue weighted by Crippen LogP contribution is -2.49. The molecule has 0 radical (unpaired) electrons. The van der Waals surface area contributed by atoms with E-state index >= 15 is 0 Å². The molecule has 2 aromatic heterocycles. The number of amides is 2. The number of rotatable bonds is 8. The summed E-state index contributed by atoms with van der Waals surface area (Å²) in [5.41, 5.74) is 4.61. The van der Waals surface area contributed by atoms with Crippen molar-refractivity contribution in [3.05, 3.63) is 83.8 Å². The Hall–Kier alpha value is -4.33. The second-order valence-electron chi connectivity index (χ2n) is 9.12. The van der Waals surface area contributed by atoms with Crippen molar-refractivity contribution in [1.82, 2.24) is 14.9 Å². The number of hydrogen-bond acceptors (Lipinski definition) is 5. The molecule has 0 aliphatic carbocycles. The zero-order chi connectivity index (χ0) is 25.9. The first kappa shape index (κ1) is 24.4. The van der Waals surface area contributed by atoms with Crippen LogP contribution in [0, 0.1) is 6.92 Å². The summed E-state index contributed by atoms with van der Waals surface area (Å²) in [6, 6.07) is 16.3. The number of fused-ring (bicyclic) bond motifs is 2. The molecule has 3 heterocycles. The smallest absolute Gasteiger partial charge is 0.249 e. The van der Waals surface area contributed by atoms with E-state index in [9.17, 15) is 9.59 Å². The molecule has 0 bridgehead atoms. The highest BCUT2D eigenvalue weighted by Crippen LogP contribution is 2.35. The van der Waals surface area contributed by atoms with Gasteiger partial charge in [0.25, 0.3) is 0 Å². The number of aromatic nitrogens is 2. The molecule has 4 aromatic rings. The molecule has 8 nitrogen and oxygen atoms in total. The van der Waals surface area contributed by atoms with E-state index in [2.05, 4.69) is 21.8 Å². The largest absolute Gasteiger partial charge is 0.454 e. The van der Waals surface area contributed by atoms with Gasteiger partial charge in [-0.3, -0.25) is 14.6 Å². The first-order valence-electron chi connectivity index (χ1n) is 12.4. The quantitative estimate of drug-likeness (QED) is 0.397. The Morgan fingerprint density at radius 2 is 1.89 bits per heavy atom. The fraction of sp³-hybridized carbons (Fsp3) is 0.276. The fourth-order valence-corrected chi connectivity index (χ4v) is 4.94. The lowest BCUT2D eigenvalue weighted by molar-refractivity contribution is -0.127. The van der Waals surface area contributed by atoms with Gasteiger partial charge in [-0.05, 0) is 43.2 Å². The molecule has 190 valence electrons. The molecule has 0 saturated carbocycles. The fourth-order valence-electron chi connectivity index (χ4n) is 4.94. The number of pyridine rings is 1. The Morgan fingerprint density at radius 1 is 1.11 bits per heavy atom. The molecule has 0 saturated heterocycles. The first-order valence-corrected chi connectivity index (χ1v) is 12.4. The van der Waals surface area contributed by atoms with Crippen molar-refractivity contribution in [3.63, 3.8) is 0 Å². The van der Waals surface area contributed by atoms with E-state index in [0.29, 0.717) is 23.6 Å². The summed E-state index contributed by atoms with van der Waals surface area (Å²) in [7, 11) is 1.70. The van der Waals surface area contributed by atoms with Gasteiger partial charge in [0.2, 0.25) is 18.6 Å². The van der Waals surface area contributed by atoms with Crippen LogP contribution in [0.5, 0.6) is 11.5 Å². The molecule has 1 aliphatic heterocycles. The van der Waals surface area contributed by atoms with Crippen molar-refractivity contribution in [1.29, 1.82) is 0 Å². The third-order valence-electron chi connectivity index (χ3n) is 6.90. The molecule has 2 aromatic carbocycles. The predicted octanol–water partition coefficient (Wildman–Crippen LogP) is 4.03. The Kier molecular flexibility index (Phi) is 6.81. The van der Waals surface area contributed by atoms with Gasteiger partial charge >= 0.3 is 0 Å². The second kappa shape index (κ2) is 10.3. The molecule has 1 N–H and O–H groups in total. The molecule has 1 atom stereocenters. The second-order valence-corrected chi connectivity index (χ2v) is 9.12. The molecule has 1 aliphatic rings. The van der Waals surface area contributed by atoms with Crippen LogP contribution in [0.25, 0.3) is 10.9 Å². The summed E-state index contributed by atoms with van der Waals surface area (Å²) in [4.78, 5) is 32.9. The van der Waals surface area contributed by atoms with Gasteiger partial charge in [-0.1, -0.05) is 30.3 Å². The molecule has 1 unspecified atom stereocenters. The molecule has 0 fully saturated rings. The minimum atomic E-state index is -0.744. The maximum Gasteiger partial charge on any atom is 0.249 e. The number of nitrogens with zero attached hydrogens (tertiary/aromatic N) is 3. The Morgan fingerprint density at radius 3 is 2.68 bits per heavy atom. The normalized spacial score (nSPS) is 12.9. The summed E-state index contributed by atoms with van der Waals surface area (Å²) < 4.78 is 13.0. The standard InChI is InChI=1S/C29H30N4O4/c1-4-33-19(2)23(22-12-13-30-17-25(22)33)16-28(34)31-24(14-20-8-6-5-7-9-20)29(35)32(3)21-10-11-26-27(15-21)37-18-36-26/h5-13,15,17,24H,4,14,16,18H2,1-3H3,(H,31,34). The Bertz CT molecular complexity index is 1450. The maximum atomic E-state index is 13.7. The van der Waals surface area contributed by atoms with Crippen LogP contribution in [0.1, 0.15) is 23.7 Å². The number of ether oxygens (including phenoxy) is 2. The molecule has 0 spiro atoms. The average Bonchev–Trinajstić information content (AvgIpc) is 3.49. The van der Waals surface area contributed by atoms with Crippen LogP contribution < -0.4 is 19.7 Å². The maximum absolute atomic E-state index is 13.7. The van der Waals surface area contributed by atoms with E-state index in [0.717, 1.165) is 34.3 Å². The van der Waals surface area contributed by atoms with Gasteiger partial charge in [0.15, 0.2) is 11.5 Å². The highest BCUT2D eigenvalue weighted by molar-refractivity contribution is 6.00. The number of carbonyl (C=O) groups excluding carboxylic acids is 2. The minimum Gasteiger partial charge on any atom is -0.454 e. The van der Waals surface area contributed by atoms with Crippen LogP contribution in [0.2, 0.25) is 0 Å². The topological polar surface area (TPSA) is 85.7 Å². The lowest BCUT2D eigenvalue weighted by atomic mass is 10.0. The first-order chi connectivity index (χ1) is 18.0. The number of likely N-dealkylation sites (N-methyl/N-ethyl adjacent to an activating group) is 1. The molecular weight excluding hydrogens is 468 g/mol. The molecular formula is C29H30N4O4. The van der Waals surface area contributed by atoms with Gasteiger partial charge in [-0.15, -0.1) is 0 Å². The van der Waals surface area contributed by atoms with E-state index in [1.54, 1.807) is 30.3 Å². The van der Waals surface area contributed by atoms with Crippen molar-refractivity contribution in [3.8, 4) is 11.5 Å². The average molecular weight is 499 g/mol. The Labute approximate surface area is 215 Å². The van der Waals surface area contributed by atoms with Crippen molar-refractivity contribution >= 4 is 28.4 Å². The zero-order valence-corrected chi connectivity index (χ0v) is 21.2. The monoisotopic (exact) mass is 498 g/mol. The Balaban J connectivity index is 1.40. The van der Waals surface area contributed by atoms with Crippen LogP contribution in [0.4, 0.5) is 5.69 Å². The lowest BCUT2D eigenvalue weighted by Gasteiger charge is -2.25. The minimum absolute atomic E-state index is 0.160. The number of anilines is 1. The van der Waals surface area contributed by atoms with E-state index in [4.69, 9.17) is 9.47 Å². The van der Waals surface area contributed by atoms with Crippen LogP contribution in [-0.4, -0.2) is 41.2 Å². The highest BCUT2D eigenvalue weighted by Gasteiger charge is 2.27. The predicted molar refractivity (Wildman–Crippen MR) is 142 cm³/mol. The summed E-state index contributed by atoms with van der Waals surface area (Å²) in [6.07, 6.45) is 4.12. The van der Waals surface area contributed by atoms with Crippen LogP contribution in [0.3, 0.4) is 0 Å². The van der Waals surface area contributed by atoms with Crippen LogP contribution in [-0.2, 0) is 29.0 Å². The van der Waals surface area contributed by atoms with Crippen molar-refractivity contribution in [2.45, 2.75) is 39.3 Å². The van der Waals surface area contributed by atoms with Crippen molar-refractivity contribution in [2.24, 2.45) is 0 Å². The van der Waals surface area contributed by atoms with Gasteiger partial charge in [-0.2, -0.15) is 0 Å². The van der Waals surface area contributed by atoms with Gasteiger partial charge < -0.3 is 24.3 Å². The van der Waals surface area contributed by atoms with Crippen LogP contribution >= 0.6 is 0 Å². The zero-order valence-electron chi connectivity index (χ0n) is 21.2. The van der Waals surface area contributed by atoms with E-state index in [1.165, 1.54) is 0 Å². The van der Waals surface area contributed by atoms with Crippen molar-refractivity contribution in [2.75, 3.05) is 18.7 Å². The molecule has 2 amide bonds. The SMILES string of the molecule is CCn1c(C)c(CC(=O)NC(Cc2ccccc2)C(=O)N(C)c2ccc3c(c2)OCO3)c2ccncc21. The number of benzene rings is 2. The van der Waals surface area contributed by atoms with E-state index in [-0.39, 0.29) is 25.0 Å². The highest BCUT2D eigenvalue weighted by atomic mass is 16.7. The van der Waals surface area contributed by atoms with Gasteiger partial charge in [0, 0.05) is 49.0 Å².